The van der Waals surface area contributed by atoms with Gasteiger partial charge in [0.15, 0.2) is 0 Å². The second-order valence-electron chi connectivity index (χ2n) is 5.29. The van der Waals surface area contributed by atoms with Gasteiger partial charge >= 0.3 is 5.97 Å². The van der Waals surface area contributed by atoms with Gasteiger partial charge in [-0.2, -0.15) is 0 Å². The Morgan fingerprint density at radius 3 is 1.59 bits per heavy atom. The Hall–Kier alpha value is -2.12. The molecule has 8 nitrogen and oxygen atoms in total. The maximum absolute atomic E-state index is 11.0. The quantitative estimate of drug-likeness (QED) is 0.588. The smallest absolute Gasteiger partial charge is 0.322 e. The fraction of sp³-hybridized carbons (Fsp3) is 0.714. The molecule has 0 bridgehead atoms. The lowest BCUT2D eigenvalue weighted by Crippen LogP contribution is -2.37. The van der Waals surface area contributed by atoms with Crippen LogP contribution in [0.5, 0.6) is 0 Å². The fourth-order valence-electron chi connectivity index (χ4n) is 1.67. The van der Waals surface area contributed by atoms with Crippen molar-refractivity contribution in [2.45, 2.75) is 45.4 Å². The zero-order valence-corrected chi connectivity index (χ0v) is 12.7. The highest BCUT2D eigenvalue weighted by atomic mass is 16.4. The summed E-state index contributed by atoms with van der Waals surface area (Å²) in [6.45, 7) is 0.829. The van der Waals surface area contributed by atoms with E-state index in [0.29, 0.717) is 0 Å². The molecule has 0 aliphatic heterocycles. The second-order valence-corrected chi connectivity index (χ2v) is 5.29. The highest BCUT2D eigenvalue weighted by Gasteiger charge is 2.25. The van der Waals surface area contributed by atoms with E-state index in [1.807, 2.05) is 0 Å². The minimum atomic E-state index is -0.988. The molecule has 8 heteroatoms. The number of rotatable bonds is 4. The van der Waals surface area contributed by atoms with Crippen molar-refractivity contribution < 1.29 is 29.4 Å². The molecule has 0 spiro atoms. The van der Waals surface area contributed by atoms with Gasteiger partial charge in [0.1, 0.15) is 6.54 Å². The van der Waals surface area contributed by atoms with Crippen LogP contribution in [0.15, 0.2) is 0 Å². The van der Waals surface area contributed by atoms with Crippen LogP contribution in [0.25, 0.3) is 0 Å². The van der Waals surface area contributed by atoms with Crippen LogP contribution in [-0.2, 0) is 19.2 Å². The fourth-order valence-corrected chi connectivity index (χ4v) is 1.67. The Morgan fingerprint density at radius 2 is 1.41 bits per heavy atom. The number of nitrogens with one attached hydrogen (secondary N) is 1. The molecular weight excluding hydrogens is 292 g/mol. The van der Waals surface area contributed by atoms with Gasteiger partial charge in [0.05, 0.1) is 0 Å². The molecule has 0 saturated heterocycles. The van der Waals surface area contributed by atoms with E-state index in [1.165, 1.54) is 6.42 Å². The molecule has 0 aromatic heterocycles. The lowest BCUT2D eigenvalue weighted by atomic mass is 9.85. The third kappa shape index (κ3) is 9.73. The average Bonchev–Trinajstić information content (AvgIpc) is 2.20. The summed E-state index contributed by atoms with van der Waals surface area (Å²) in [5.74, 6) is -1.75. The second kappa shape index (κ2) is 10.6. The van der Waals surface area contributed by atoms with Crippen molar-refractivity contribution >= 4 is 23.8 Å². The van der Waals surface area contributed by atoms with Crippen molar-refractivity contribution in [3.63, 3.8) is 0 Å². The van der Waals surface area contributed by atoms with Gasteiger partial charge in [0.25, 0.3) is 5.97 Å². The minimum absolute atomic E-state index is 0.0781. The Kier molecular flexibility index (Phi) is 9.56. The highest BCUT2D eigenvalue weighted by Crippen LogP contribution is 2.26. The van der Waals surface area contributed by atoms with Gasteiger partial charge in [-0.15, -0.1) is 0 Å². The number of carbonyl (C=O) groups is 4. The number of hydrogen-bond acceptors (Lipinski definition) is 4. The van der Waals surface area contributed by atoms with Gasteiger partial charge in [0.2, 0.25) is 11.8 Å². The molecule has 2 aliphatic rings. The first-order valence-corrected chi connectivity index (χ1v) is 7.22. The third-order valence-corrected chi connectivity index (χ3v) is 3.40. The number of carboxylic acid groups (broad SMARTS) is 2. The molecule has 0 aromatic carbocycles. The lowest BCUT2D eigenvalue weighted by molar-refractivity contribution is -0.139. The van der Waals surface area contributed by atoms with Crippen LogP contribution in [0.4, 0.5) is 0 Å². The number of amides is 2. The van der Waals surface area contributed by atoms with Gasteiger partial charge < -0.3 is 21.3 Å². The minimum Gasteiger partial charge on any atom is -0.481 e. The first-order valence-electron chi connectivity index (χ1n) is 7.22. The van der Waals surface area contributed by atoms with Gasteiger partial charge in [-0.25, -0.2) is 0 Å². The van der Waals surface area contributed by atoms with Crippen molar-refractivity contribution in [2.75, 3.05) is 6.54 Å². The number of carboxylic acids is 2. The van der Waals surface area contributed by atoms with E-state index in [2.05, 4.69) is 5.32 Å². The van der Waals surface area contributed by atoms with E-state index >= 15 is 0 Å². The summed E-state index contributed by atoms with van der Waals surface area (Å²) >= 11 is 0. The van der Waals surface area contributed by atoms with Crippen molar-refractivity contribution in [1.29, 1.82) is 0 Å². The summed E-state index contributed by atoms with van der Waals surface area (Å²) in [5.41, 5.74) is 4.96. The van der Waals surface area contributed by atoms with E-state index in [9.17, 15) is 14.4 Å². The summed E-state index contributed by atoms with van der Waals surface area (Å²) in [6, 6.07) is 0. The summed E-state index contributed by atoms with van der Waals surface area (Å²) < 4.78 is 0. The summed E-state index contributed by atoms with van der Waals surface area (Å²) in [6.07, 6.45) is 6.14. The largest absolute Gasteiger partial charge is 0.481 e. The molecule has 0 unspecified atom stereocenters. The molecule has 2 amide bonds. The topological polar surface area (TPSA) is 147 Å². The zero-order chi connectivity index (χ0) is 17.1. The summed E-state index contributed by atoms with van der Waals surface area (Å²) in [5, 5.41) is 18.0. The Labute approximate surface area is 129 Å². The van der Waals surface area contributed by atoms with E-state index in [-0.39, 0.29) is 30.2 Å². The van der Waals surface area contributed by atoms with Crippen LogP contribution in [-0.4, -0.2) is 40.5 Å². The molecular formula is C14H24N2O6. The molecule has 5 N–H and O–H groups in total. The number of aliphatic carboxylic acids is 2. The zero-order valence-electron chi connectivity index (χ0n) is 12.7. The monoisotopic (exact) mass is 316 g/mol. The average molecular weight is 316 g/mol. The molecule has 2 fully saturated rings. The van der Waals surface area contributed by atoms with Crippen LogP contribution in [0.1, 0.15) is 45.4 Å². The number of primary amides is 1. The number of hydrogen-bond donors (Lipinski definition) is 4. The molecule has 2 rings (SSSR count). The van der Waals surface area contributed by atoms with Crippen LogP contribution in [0.2, 0.25) is 0 Å². The summed E-state index contributed by atoms with van der Waals surface area (Å²) in [7, 11) is 0. The number of nitrogens with two attached hydrogens (primary N) is 1. The molecule has 2 saturated carbocycles. The van der Waals surface area contributed by atoms with Crippen LogP contribution >= 0.6 is 0 Å². The molecule has 22 heavy (non-hydrogen) atoms. The predicted molar refractivity (Wildman–Crippen MR) is 77.8 cm³/mol. The Bertz CT molecular complexity index is 398. The highest BCUT2D eigenvalue weighted by molar-refractivity contribution is 5.83. The molecule has 2 aliphatic carbocycles. The van der Waals surface area contributed by atoms with Crippen LogP contribution in [0, 0.1) is 11.8 Å². The van der Waals surface area contributed by atoms with Crippen molar-refractivity contribution in [2.24, 2.45) is 17.6 Å². The van der Waals surface area contributed by atoms with E-state index in [0.717, 1.165) is 39.0 Å². The first kappa shape index (κ1) is 19.9. The van der Waals surface area contributed by atoms with Crippen molar-refractivity contribution in [3.05, 3.63) is 0 Å². The van der Waals surface area contributed by atoms with E-state index in [1.54, 1.807) is 0 Å². The number of carbonyl (C=O) groups excluding carboxylic acids is 2. The van der Waals surface area contributed by atoms with Crippen molar-refractivity contribution in [3.8, 4) is 0 Å². The van der Waals surface area contributed by atoms with Gasteiger partial charge in [-0.05, 0) is 25.7 Å². The molecule has 126 valence electrons. The maximum Gasteiger partial charge on any atom is 0.322 e. The SMILES string of the molecule is CC(=O)O.NC(=O)C1CCC1.O=C(O)CNC(=O)C1CCC1. The van der Waals surface area contributed by atoms with E-state index in [4.69, 9.17) is 20.7 Å². The van der Waals surface area contributed by atoms with Gasteiger partial charge in [-0.1, -0.05) is 12.8 Å². The van der Waals surface area contributed by atoms with Gasteiger partial charge in [0, 0.05) is 18.8 Å². The molecule has 0 atom stereocenters. The third-order valence-electron chi connectivity index (χ3n) is 3.40. The first-order chi connectivity index (χ1) is 10.2. The molecule has 0 aromatic rings. The predicted octanol–water partition coefficient (Wildman–Crippen LogP) is 0.350. The van der Waals surface area contributed by atoms with E-state index < -0.39 is 11.9 Å². The maximum atomic E-state index is 11.0. The molecule has 0 radical (unpaired) electrons. The van der Waals surface area contributed by atoms with Crippen LogP contribution < -0.4 is 11.1 Å². The van der Waals surface area contributed by atoms with Crippen LogP contribution in [0.3, 0.4) is 0 Å². The normalized spacial score (nSPS) is 16.4. The Morgan fingerprint density at radius 1 is 1.00 bits per heavy atom. The lowest BCUT2D eigenvalue weighted by Gasteiger charge is -2.23. The standard InChI is InChI=1S/C7H11NO3.C5H9NO.C2H4O2/c9-6(10)4-8-7(11)5-2-1-3-5;6-5(7)4-2-1-3-4;1-2(3)4/h5H,1-4H2,(H,8,11)(H,9,10);4H,1-3H2,(H2,6,7);1H3,(H,3,4). The Balaban J connectivity index is 0.000000343. The van der Waals surface area contributed by atoms with Gasteiger partial charge in [-0.3, -0.25) is 19.2 Å². The molecule has 0 heterocycles. The van der Waals surface area contributed by atoms with Crippen molar-refractivity contribution in [1.82, 2.24) is 5.32 Å². The summed E-state index contributed by atoms with van der Waals surface area (Å²) in [4.78, 5) is 40.2.